The summed E-state index contributed by atoms with van der Waals surface area (Å²) in [6, 6.07) is 8.91. The minimum absolute atomic E-state index is 0.0838. The van der Waals surface area contributed by atoms with Crippen molar-refractivity contribution < 1.29 is 23.2 Å². The average molecular weight is 488 g/mol. The number of anilines is 1. The molecule has 0 spiro atoms. The SMILES string of the molecule is C[C@H](NC(=O)Cc1cc(F)cc(F)c1)C(=O)N(C(=O)CNC(C)(C)C)c1ccc(C(C)(C)C)cc1. The highest BCUT2D eigenvalue weighted by Crippen LogP contribution is 2.25. The molecule has 0 bridgehead atoms. The van der Waals surface area contributed by atoms with Crippen LogP contribution in [0.25, 0.3) is 0 Å². The third-order valence-electron chi connectivity index (χ3n) is 5.27. The standard InChI is InChI=1S/C27H35F2N3O3/c1-17(31-23(33)14-18-12-20(28)15-21(29)13-18)25(35)32(24(34)16-30-27(5,6)7)22-10-8-19(9-11-22)26(2,3)4/h8-13,15,17,30H,14,16H2,1-7H3,(H,31,33)/t17-/m0/s1. The summed E-state index contributed by atoms with van der Waals surface area (Å²) >= 11 is 0. The van der Waals surface area contributed by atoms with E-state index in [0.29, 0.717) is 11.8 Å². The Balaban J connectivity index is 2.24. The lowest BCUT2D eigenvalue weighted by Gasteiger charge is -2.28. The molecule has 8 heteroatoms. The Kier molecular flexibility index (Phi) is 8.89. The second-order valence-electron chi connectivity index (χ2n) is 10.7. The summed E-state index contributed by atoms with van der Waals surface area (Å²) in [5.74, 6) is -3.27. The van der Waals surface area contributed by atoms with Gasteiger partial charge in [-0.15, -0.1) is 0 Å². The summed E-state index contributed by atoms with van der Waals surface area (Å²) < 4.78 is 26.9. The van der Waals surface area contributed by atoms with Crippen LogP contribution in [0, 0.1) is 11.6 Å². The summed E-state index contributed by atoms with van der Waals surface area (Å²) in [7, 11) is 0. The molecule has 6 nitrogen and oxygen atoms in total. The summed E-state index contributed by atoms with van der Waals surface area (Å²) in [5.41, 5.74) is 1.11. The van der Waals surface area contributed by atoms with Gasteiger partial charge in [-0.25, -0.2) is 13.7 Å². The molecule has 0 fully saturated rings. The molecule has 35 heavy (non-hydrogen) atoms. The molecule has 190 valence electrons. The molecule has 0 aromatic heterocycles. The molecule has 0 aliphatic rings. The van der Waals surface area contributed by atoms with Crippen molar-refractivity contribution in [1.82, 2.24) is 10.6 Å². The van der Waals surface area contributed by atoms with Crippen molar-refractivity contribution in [2.45, 2.75) is 71.9 Å². The number of nitrogens with zero attached hydrogens (tertiary/aromatic N) is 1. The summed E-state index contributed by atoms with van der Waals surface area (Å²) in [4.78, 5) is 40.0. The van der Waals surface area contributed by atoms with Gasteiger partial charge in [0.2, 0.25) is 11.8 Å². The van der Waals surface area contributed by atoms with Crippen LogP contribution in [-0.4, -0.2) is 35.8 Å². The van der Waals surface area contributed by atoms with Gasteiger partial charge in [-0.3, -0.25) is 14.4 Å². The normalized spacial score (nSPS) is 12.7. The van der Waals surface area contributed by atoms with Gasteiger partial charge < -0.3 is 10.6 Å². The lowest BCUT2D eigenvalue weighted by molar-refractivity contribution is -0.130. The van der Waals surface area contributed by atoms with Crippen molar-refractivity contribution in [2.75, 3.05) is 11.4 Å². The van der Waals surface area contributed by atoms with E-state index in [-0.39, 0.29) is 29.5 Å². The van der Waals surface area contributed by atoms with Crippen LogP contribution in [0.2, 0.25) is 0 Å². The Morgan fingerprint density at radius 2 is 1.46 bits per heavy atom. The molecule has 0 saturated heterocycles. The summed E-state index contributed by atoms with van der Waals surface area (Å²) in [5, 5.41) is 5.62. The molecule has 2 aromatic rings. The Morgan fingerprint density at radius 3 is 1.94 bits per heavy atom. The highest BCUT2D eigenvalue weighted by Gasteiger charge is 2.29. The number of rotatable bonds is 7. The van der Waals surface area contributed by atoms with Crippen molar-refractivity contribution in [3.63, 3.8) is 0 Å². The molecule has 2 N–H and O–H groups in total. The maximum Gasteiger partial charge on any atom is 0.256 e. The molecule has 0 unspecified atom stereocenters. The predicted octanol–water partition coefficient (Wildman–Crippen LogP) is 4.26. The first kappa shape index (κ1) is 28.1. The number of carbonyl (C=O) groups is 3. The van der Waals surface area contributed by atoms with Crippen LogP contribution in [0.1, 0.15) is 59.6 Å². The van der Waals surface area contributed by atoms with Crippen LogP contribution in [0.5, 0.6) is 0 Å². The molecule has 1 atom stereocenters. The number of benzene rings is 2. The van der Waals surface area contributed by atoms with Gasteiger partial charge in [0.1, 0.15) is 17.7 Å². The van der Waals surface area contributed by atoms with Gasteiger partial charge in [0.05, 0.1) is 18.7 Å². The number of amides is 3. The maximum absolute atomic E-state index is 13.4. The smallest absolute Gasteiger partial charge is 0.256 e. The summed E-state index contributed by atoms with van der Waals surface area (Å²) in [6.07, 6.45) is -0.313. The zero-order chi connectivity index (χ0) is 26.6. The van der Waals surface area contributed by atoms with E-state index < -0.39 is 35.4 Å². The average Bonchev–Trinajstić information content (AvgIpc) is 2.70. The molecule has 2 aromatic carbocycles. The number of carbonyl (C=O) groups excluding carboxylic acids is 3. The highest BCUT2D eigenvalue weighted by molar-refractivity contribution is 6.17. The van der Waals surface area contributed by atoms with Gasteiger partial charge in [-0.1, -0.05) is 32.9 Å². The quantitative estimate of drug-likeness (QED) is 0.612. The van der Waals surface area contributed by atoms with E-state index in [2.05, 4.69) is 31.4 Å². The number of hydrogen-bond acceptors (Lipinski definition) is 4. The van der Waals surface area contributed by atoms with Crippen LogP contribution < -0.4 is 15.5 Å². The van der Waals surface area contributed by atoms with Crippen LogP contribution in [-0.2, 0) is 26.2 Å². The fourth-order valence-corrected chi connectivity index (χ4v) is 3.37. The van der Waals surface area contributed by atoms with E-state index in [1.807, 2.05) is 32.9 Å². The second kappa shape index (κ2) is 11.1. The first-order valence-electron chi connectivity index (χ1n) is 11.5. The Bertz CT molecular complexity index is 1050. The van der Waals surface area contributed by atoms with Crippen LogP contribution >= 0.6 is 0 Å². The van der Waals surface area contributed by atoms with Gasteiger partial charge in [-0.05, 0) is 68.5 Å². The van der Waals surface area contributed by atoms with Crippen molar-refractivity contribution >= 4 is 23.4 Å². The van der Waals surface area contributed by atoms with E-state index in [9.17, 15) is 23.2 Å². The number of imide groups is 1. The minimum Gasteiger partial charge on any atom is -0.344 e. The molecular weight excluding hydrogens is 452 g/mol. The lowest BCUT2D eigenvalue weighted by atomic mass is 9.87. The van der Waals surface area contributed by atoms with Gasteiger partial charge >= 0.3 is 0 Å². The third kappa shape index (κ3) is 8.55. The van der Waals surface area contributed by atoms with Crippen molar-refractivity contribution in [2.24, 2.45) is 0 Å². The number of halogens is 2. The van der Waals surface area contributed by atoms with E-state index >= 15 is 0 Å². The molecule has 0 aliphatic carbocycles. The predicted molar refractivity (Wildman–Crippen MR) is 133 cm³/mol. The van der Waals surface area contributed by atoms with Crippen LogP contribution in [0.15, 0.2) is 42.5 Å². The fraction of sp³-hybridized carbons (Fsp3) is 0.444. The Hall–Kier alpha value is -3.13. The van der Waals surface area contributed by atoms with E-state index in [1.54, 1.807) is 12.1 Å². The van der Waals surface area contributed by atoms with Gasteiger partial charge in [0.15, 0.2) is 0 Å². The maximum atomic E-state index is 13.4. The molecule has 2 rings (SSSR count). The number of hydrogen-bond donors (Lipinski definition) is 2. The molecule has 0 aliphatic heterocycles. The largest absolute Gasteiger partial charge is 0.344 e. The van der Waals surface area contributed by atoms with Crippen LogP contribution in [0.4, 0.5) is 14.5 Å². The molecule has 0 radical (unpaired) electrons. The molecule has 3 amide bonds. The first-order valence-corrected chi connectivity index (χ1v) is 11.5. The van der Waals surface area contributed by atoms with Gasteiger partial charge in [0, 0.05) is 11.6 Å². The zero-order valence-electron chi connectivity index (χ0n) is 21.5. The minimum atomic E-state index is -1.05. The fourth-order valence-electron chi connectivity index (χ4n) is 3.37. The first-order chi connectivity index (χ1) is 16.1. The zero-order valence-corrected chi connectivity index (χ0v) is 21.5. The highest BCUT2D eigenvalue weighted by atomic mass is 19.1. The summed E-state index contributed by atoms with van der Waals surface area (Å²) in [6.45, 7) is 13.3. The van der Waals surface area contributed by atoms with Gasteiger partial charge in [0.25, 0.3) is 5.91 Å². The topological polar surface area (TPSA) is 78.5 Å². The monoisotopic (exact) mass is 487 g/mol. The lowest BCUT2D eigenvalue weighted by Crippen LogP contribution is -2.53. The van der Waals surface area contributed by atoms with Crippen molar-refractivity contribution in [3.8, 4) is 0 Å². The number of nitrogens with one attached hydrogen (secondary N) is 2. The van der Waals surface area contributed by atoms with Crippen molar-refractivity contribution in [1.29, 1.82) is 0 Å². The Morgan fingerprint density at radius 1 is 0.914 bits per heavy atom. The third-order valence-corrected chi connectivity index (χ3v) is 5.27. The second-order valence-corrected chi connectivity index (χ2v) is 10.7. The Labute approximate surface area is 206 Å². The van der Waals surface area contributed by atoms with Crippen LogP contribution in [0.3, 0.4) is 0 Å². The van der Waals surface area contributed by atoms with E-state index in [4.69, 9.17) is 0 Å². The van der Waals surface area contributed by atoms with E-state index in [0.717, 1.165) is 22.6 Å². The van der Waals surface area contributed by atoms with Crippen molar-refractivity contribution in [3.05, 3.63) is 65.2 Å². The van der Waals surface area contributed by atoms with E-state index in [1.165, 1.54) is 6.92 Å². The molecular formula is C27H35F2N3O3. The van der Waals surface area contributed by atoms with Gasteiger partial charge in [-0.2, -0.15) is 0 Å². The molecule has 0 heterocycles. The molecule has 0 saturated carbocycles.